The van der Waals surface area contributed by atoms with E-state index in [0.29, 0.717) is 4.58 Å². The van der Waals surface area contributed by atoms with Crippen LogP contribution in [0.5, 0.6) is 0 Å². The Labute approximate surface area is 59.5 Å². The van der Waals surface area contributed by atoms with Gasteiger partial charge < -0.3 is 0 Å². The summed E-state index contributed by atoms with van der Waals surface area (Å²) in [7, 11) is 0. The number of rotatable bonds is 0. The van der Waals surface area contributed by atoms with Gasteiger partial charge in [-0.25, -0.2) is 0 Å². The van der Waals surface area contributed by atoms with Gasteiger partial charge in [0.15, 0.2) is 0 Å². The Bertz CT molecular complexity index is 135. The Morgan fingerprint density at radius 1 is 1.75 bits per heavy atom. The third kappa shape index (κ3) is 1.60. The highest BCUT2D eigenvalue weighted by molar-refractivity contribution is 8.13. The topological polar surface area (TPSA) is 0 Å². The number of hydrogen-bond acceptors (Lipinski definition) is 2. The van der Waals surface area contributed by atoms with E-state index in [0.717, 1.165) is 0 Å². The van der Waals surface area contributed by atoms with Crippen molar-refractivity contribution in [3.63, 3.8) is 0 Å². The number of thioether (sulfide) groups is 1. The molecule has 0 radical (unpaired) electrons. The third-order valence-electron chi connectivity index (χ3n) is 0.913. The SMILES string of the molecule is CC1=CC=CC(S)S1. The van der Waals surface area contributed by atoms with Gasteiger partial charge in [-0.1, -0.05) is 18.2 Å². The average Bonchev–Trinajstić information content (AvgIpc) is 1.64. The van der Waals surface area contributed by atoms with E-state index in [9.17, 15) is 0 Å². The molecule has 0 aromatic rings. The standard InChI is InChI=1S/C6H8S2/c1-5-3-2-4-6(7)8-5/h2-4,6-7H,1H3. The van der Waals surface area contributed by atoms with Gasteiger partial charge in [0.05, 0.1) is 4.58 Å². The first-order chi connectivity index (χ1) is 3.79. The van der Waals surface area contributed by atoms with Gasteiger partial charge in [-0.05, 0) is 11.8 Å². The monoisotopic (exact) mass is 144 g/mol. The Balaban J connectivity index is 2.59. The van der Waals surface area contributed by atoms with Crippen LogP contribution in [0.4, 0.5) is 0 Å². The molecule has 1 aliphatic rings. The predicted molar refractivity (Wildman–Crippen MR) is 43.3 cm³/mol. The Kier molecular flexibility index (Phi) is 2.08. The second kappa shape index (κ2) is 2.65. The molecule has 1 aliphatic heterocycles. The van der Waals surface area contributed by atoms with Crippen molar-refractivity contribution in [3.05, 3.63) is 23.1 Å². The van der Waals surface area contributed by atoms with Crippen molar-refractivity contribution >= 4 is 24.4 Å². The maximum absolute atomic E-state index is 4.26. The molecule has 0 aromatic carbocycles. The first kappa shape index (κ1) is 6.30. The first-order valence-electron chi connectivity index (χ1n) is 2.49. The second-order valence-electron chi connectivity index (χ2n) is 1.67. The Hall–Kier alpha value is 0.180. The lowest BCUT2D eigenvalue weighted by molar-refractivity contribution is 1.56. The lowest BCUT2D eigenvalue weighted by Gasteiger charge is -2.07. The van der Waals surface area contributed by atoms with Gasteiger partial charge in [-0.3, -0.25) is 0 Å². The van der Waals surface area contributed by atoms with Crippen LogP contribution in [0.25, 0.3) is 0 Å². The highest BCUT2D eigenvalue weighted by atomic mass is 32.2. The minimum atomic E-state index is 0.375. The van der Waals surface area contributed by atoms with Crippen molar-refractivity contribution in [2.75, 3.05) is 0 Å². The van der Waals surface area contributed by atoms with Crippen molar-refractivity contribution in [3.8, 4) is 0 Å². The lowest BCUT2D eigenvalue weighted by atomic mass is 10.4. The van der Waals surface area contributed by atoms with E-state index in [2.05, 4.69) is 31.7 Å². The molecule has 0 aliphatic carbocycles. The molecule has 0 bridgehead atoms. The van der Waals surface area contributed by atoms with Gasteiger partial charge in [0.25, 0.3) is 0 Å². The summed E-state index contributed by atoms with van der Waals surface area (Å²) in [6.45, 7) is 2.09. The van der Waals surface area contributed by atoms with E-state index in [1.54, 1.807) is 11.8 Å². The fraction of sp³-hybridized carbons (Fsp3) is 0.333. The van der Waals surface area contributed by atoms with Gasteiger partial charge in [0, 0.05) is 0 Å². The predicted octanol–water partition coefficient (Wildman–Crippen LogP) is 2.45. The quantitative estimate of drug-likeness (QED) is 0.509. The molecular weight excluding hydrogens is 136 g/mol. The fourth-order valence-electron chi connectivity index (χ4n) is 0.555. The van der Waals surface area contributed by atoms with Crippen LogP contribution < -0.4 is 0 Å². The highest BCUT2D eigenvalue weighted by Gasteiger charge is 2.01. The molecule has 0 saturated heterocycles. The van der Waals surface area contributed by atoms with Crippen LogP contribution in [-0.2, 0) is 0 Å². The zero-order chi connectivity index (χ0) is 5.98. The van der Waals surface area contributed by atoms with Crippen LogP contribution in [0, 0.1) is 0 Å². The molecular formula is C6H8S2. The van der Waals surface area contributed by atoms with Gasteiger partial charge in [0.1, 0.15) is 0 Å². The molecule has 0 amide bonds. The molecule has 8 heavy (non-hydrogen) atoms. The zero-order valence-electron chi connectivity index (χ0n) is 4.66. The number of allylic oxidation sites excluding steroid dienone is 3. The number of hydrogen-bond donors (Lipinski definition) is 1. The van der Waals surface area contributed by atoms with Crippen molar-refractivity contribution in [2.45, 2.75) is 11.5 Å². The van der Waals surface area contributed by atoms with Gasteiger partial charge in [-0.15, -0.1) is 11.8 Å². The maximum Gasteiger partial charge on any atom is 0.0699 e. The summed E-state index contributed by atoms with van der Waals surface area (Å²) in [5, 5.41) is 0. The molecule has 0 fully saturated rings. The molecule has 1 heterocycles. The van der Waals surface area contributed by atoms with Crippen LogP contribution in [0.15, 0.2) is 23.1 Å². The maximum atomic E-state index is 4.26. The van der Waals surface area contributed by atoms with Crippen molar-refractivity contribution in [1.29, 1.82) is 0 Å². The summed E-state index contributed by atoms with van der Waals surface area (Å²) < 4.78 is 0.375. The van der Waals surface area contributed by atoms with Crippen LogP contribution in [0.3, 0.4) is 0 Å². The molecule has 2 heteroatoms. The molecule has 1 rings (SSSR count). The minimum Gasteiger partial charge on any atom is -0.160 e. The molecule has 1 unspecified atom stereocenters. The van der Waals surface area contributed by atoms with Crippen LogP contribution >= 0.6 is 24.4 Å². The van der Waals surface area contributed by atoms with Crippen molar-refractivity contribution in [1.82, 2.24) is 0 Å². The van der Waals surface area contributed by atoms with Gasteiger partial charge in [-0.2, -0.15) is 12.6 Å². The highest BCUT2D eigenvalue weighted by Crippen LogP contribution is 2.27. The summed E-state index contributed by atoms with van der Waals surface area (Å²) >= 11 is 6.04. The van der Waals surface area contributed by atoms with E-state index < -0.39 is 0 Å². The molecule has 0 aromatic heterocycles. The molecule has 1 atom stereocenters. The molecule has 0 nitrogen and oxygen atoms in total. The summed E-state index contributed by atoms with van der Waals surface area (Å²) in [5.74, 6) is 0. The summed E-state index contributed by atoms with van der Waals surface area (Å²) in [4.78, 5) is 1.34. The molecule has 0 saturated carbocycles. The Morgan fingerprint density at radius 3 is 2.88 bits per heavy atom. The van der Waals surface area contributed by atoms with Crippen molar-refractivity contribution < 1.29 is 0 Å². The summed E-state index contributed by atoms with van der Waals surface area (Å²) in [6, 6.07) is 0. The zero-order valence-corrected chi connectivity index (χ0v) is 6.38. The van der Waals surface area contributed by atoms with E-state index >= 15 is 0 Å². The van der Waals surface area contributed by atoms with Crippen LogP contribution in [0.2, 0.25) is 0 Å². The summed E-state index contributed by atoms with van der Waals surface area (Å²) in [6.07, 6.45) is 6.21. The second-order valence-corrected chi connectivity index (χ2v) is 3.96. The van der Waals surface area contributed by atoms with Crippen molar-refractivity contribution in [2.24, 2.45) is 0 Å². The molecule has 0 spiro atoms. The van der Waals surface area contributed by atoms with E-state index in [-0.39, 0.29) is 0 Å². The smallest absolute Gasteiger partial charge is 0.0699 e. The Morgan fingerprint density at radius 2 is 2.50 bits per heavy atom. The van der Waals surface area contributed by atoms with E-state index in [1.807, 2.05) is 6.08 Å². The van der Waals surface area contributed by atoms with Gasteiger partial charge >= 0.3 is 0 Å². The van der Waals surface area contributed by atoms with Crippen LogP contribution in [-0.4, -0.2) is 4.58 Å². The largest absolute Gasteiger partial charge is 0.160 e. The fourth-order valence-corrected chi connectivity index (χ4v) is 1.86. The van der Waals surface area contributed by atoms with Gasteiger partial charge in [0.2, 0.25) is 0 Å². The lowest BCUT2D eigenvalue weighted by Crippen LogP contribution is -1.88. The number of thiol groups is 1. The molecule has 44 valence electrons. The summed E-state index contributed by atoms with van der Waals surface area (Å²) in [5.41, 5.74) is 0. The normalized spacial score (nSPS) is 27.8. The minimum absolute atomic E-state index is 0.375. The average molecular weight is 144 g/mol. The third-order valence-corrected chi connectivity index (χ3v) is 2.31. The van der Waals surface area contributed by atoms with E-state index in [4.69, 9.17) is 0 Å². The van der Waals surface area contributed by atoms with Crippen LogP contribution in [0.1, 0.15) is 6.92 Å². The van der Waals surface area contributed by atoms with E-state index in [1.165, 1.54) is 4.91 Å². The first-order valence-corrected chi connectivity index (χ1v) is 3.88. The molecule has 0 N–H and O–H groups in total.